The number of benzene rings is 1. The second kappa shape index (κ2) is 6.40. The number of carbonyl (C=O) groups is 1. The third-order valence-electron chi connectivity index (χ3n) is 3.23. The van der Waals surface area contributed by atoms with Crippen molar-refractivity contribution in [1.29, 1.82) is 0 Å². The van der Waals surface area contributed by atoms with Crippen molar-refractivity contribution in [2.45, 2.75) is 25.2 Å². The molecule has 0 bridgehead atoms. The summed E-state index contributed by atoms with van der Waals surface area (Å²) < 4.78 is 44.1. The number of methoxy groups -OCH3 is 1. The molecular formula is C13H19FN2O4S. The van der Waals surface area contributed by atoms with Gasteiger partial charge in [-0.05, 0) is 31.0 Å². The van der Waals surface area contributed by atoms with Gasteiger partial charge in [0.2, 0.25) is 10.0 Å². The standard InChI is InChI=1S/C13H19FN2O4S/c1-8-7-10(14)12(15)9(2)13(8)21(18,19)16(3)6-5-11(17)20-4/h7H,5-6,15H2,1-4H3. The van der Waals surface area contributed by atoms with E-state index in [9.17, 15) is 17.6 Å². The Labute approximate surface area is 123 Å². The van der Waals surface area contributed by atoms with E-state index in [1.165, 1.54) is 28.0 Å². The largest absolute Gasteiger partial charge is 0.469 e. The first-order chi connectivity index (χ1) is 9.62. The van der Waals surface area contributed by atoms with E-state index in [1.807, 2.05) is 0 Å². The van der Waals surface area contributed by atoms with Crippen molar-refractivity contribution in [2.75, 3.05) is 26.4 Å². The fourth-order valence-corrected chi connectivity index (χ4v) is 3.56. The van der Waals surface area contributed by atoms with Gasteiger partial charge >= 0.3 is 5.97 Å². The van der Waals surface area contributed by atoms with Crippen molar-refractivity contribution < 1.29 is 22.3 Å². The van der Waals surface area contributed by atoms with Crippen LogP contribution in [0.2, 0.25) is 0 Å². The van der Waals surface area contributed by atoms with E-state index in [2.05, 4.69) is 4.74 Å². The Bertz CT molecular complexity index is 659. The highest BCUT2D eigenvalue weighted by Gasteiger charge is 2.27. The predicted molar refractivity (Wildman–Crippen MR) is 76.7 cm³/mol. The molecule has 0 atom stereocenters. The topological polar surface area (TPSA) is 89.7 Å². The zero-order valence-corrected chi connectivity index (χ0v) is 13.3. The van der Waals surface area contributed by atoms with Crippen LogP contribution in [0, 0.1) is 19.7 Å². The third-order valence-corrected chi connectivity index (χ3v) is 5.38. The van der Waals surface area contributed by atoms with Gasteiger partial charge in [-0.15, -0.1) is 0 Å². The molecule has 0 fully saturated rings. The molecule has 0 aliphatic rings. The highest BCUT2D eigenvalue weighted by Crippen LogP contribution is 2.29. The molecule has 0 unspecified atom stereocenters. The minimum Gasteiger partial charge on any atom is -0.469 e. The van der Waals surface area contributed by atoms with Crippen molar-refractivity contribution in [3.63, 3.8) is 0 Å². The summed E-state index contributed by atoms with van der Waals surface area (Å²) in [5.41, 5.74) is 5.80. The van der Waals surface area contributed by atoms with Crippen molar-refractivity contribution in [2.24, 2.45) is 0 Å². The summed E-state index contributed by atoms with van der Waals surface area (Å²) in [7, 11) is -1.29. The number of hydrogen-bond donors (Lipinski definition) is 1. The van der Waals surface area contributed by atoms with Crippen LogP contribution in [0.4, 0.5) is 10.1 Å². The molecule has 0 radical (unpaired) electrons. The lowest BCUT2D eigenvalue weighted by Crippen LogP contribution is -2.30. The van der Waals surface area contributed by atoms with Crippen LogP contribution < -0.4 is 5.73 Å². The minimum atomic E-state index is -3.86. The lowest BCUT2D eigenvalue weighted by Gasteiger charge is -2.20. The first-order valence-corrected chi connectivity index (χ1v) is 7.65. The fraction of sp³-hybridized carbons (Fsp3) is 0.462. The van der Waals surface area contributed by atoms with Crippen LogP contribution >= 0.6 is 0 Å². The molecule has 0 saturated heterocycles. The maximum atomic E-state index is 13.5. The molecule has 0 saturated carbocycles. The Morgan fingerprint density at radius 3 is 2.52 bits per heavy atom. The SMILES string of the molecule is COC(=O)CCN(C)S(=O)(=O)c1c(C)cc(F)c(N)c1C. The number of anilines is 1. The zero-order valence-electron chi connectivity index (χ0n) is 12.4. The third kappa shape index (κ3) is 3.51. The minimum absolute atomic E-state index is 0.0336. The predicted octanol–water partition coefficient (Wildman–Crippen LogP) is 1.21. The molecule has 2 N–H and O–H groups in total. The summed E-state index contributed by atoms with van der Waals surface area (Å²) >= 11 is 0. The van der Waals surface area contributed by atoms with E-state index in [0.717, 1.165) is 10.4 Å². The van der Waals surface area contributed by atoms with E-state index in [-0.39, 0.29) is 34.7 Å². The lowest BCUT2D eigenvalue weighted by atomic mass is 10.1. The first kappa shape index (κ1) is 17.4. The molecule has 0 aromatic heterocycles. The molecule has 118 valence electrons. The van der Waals surface area contributed by atoms with Gasteiger partial charge in [-0.1, -0.05) is 0 Å². The molecular weight excluding hydrogens is 299 g/mol. The average Bonchev–Trinajstić information content (AvgIpc) is 2.41. The molecule has 1 aromatic rings. The molecule has 8 heteroatoms. The van der Waals surface area contributed by atoms with Crippen LogP contribution in [0.25, 0.3) is 0 Å². The number of sulfonamides is 1. The van der Waals surface area contributed by atoms with Gasteiger partial charge in [0.1, 0.15) is 5.82 Å². The second-order valence-corrected chi connectivity index (χ2v) is 6.68. The number of nitrogen functional groups attached to an aromatic ring is 1. The molecule has 1 aromatic carbocycles. The van der Waals surface area contributed by atoms with E-state index >= 15 is 0 Å². The number of rotatable bonds is 5. The van der Waals surface area contributed by atoms with E-state index in [4.69, 9.17) is 5.73 Å². The molecule has 0 heterocycles. The van der Waals surface area contributed by atoms with Crippen LogP contribution in [-0.4, -0.2) is 39.4 Å². The molecule has 1 rings (SSSR count). The average molecular weight is 318 g/mol. The fourth-order valence-electron chi connectivity index (χ4n) is 1.95. The maximum Gasteiger partial charge on any atom is 0.306 e. The second-order valence-electron chi connectivity index (χ2n) is 4.70. The van der Waals surface area contributed by atoms with Gasteiger partial charge in [-0.3, -0.25) is 4.79 Å². The number of ether oxygens (including phenoxy) is 1. The summed E-state index contributed by atoms with van der Waals surface area (Å²) in [4.78, 5) is 11.1. The summed E-state index contributed by atoms with van der Waals surface area (Å²) in [6, 6.07) is 1.09. The van der Waals surface area contributed by atoms with Crippen molar-refractivity contribution in [3.05, 3.63) is 23.0 Å². The zero-order chi connectivity index (χ0) is 16.4. The Morgan fingerprint density at radius 2 is 2.00 bits per heavy atom. The molecule has 0 spiro atoms. The first-order valence-electron chi connectivity index (χ1n) is 6.21. The quantitative estimate of drug-likeness (QED) is 0.651. The van der Waals surface area contributed by atoms with Crippen molar-refractivity contribution >= 4 is 21.7 Å². The molecule has 21 heavy (non-hydrogen) atoms. The van der Waals surface area contributed by atoms with Crippen LogP contribution in [0.5, 0.6) is 0 Å². The smallest absolute Gasteiger partial charge is 0.306 e. The number of nitrogens with two attached hydrogens (primary N) is 1. The summed E-state index contributed by atoms with van der Waals surface area (Å²) in [5.74, 6) is -1.16. The van der Waals surface area contributed by atoms with Gasteiger partial charge < -0.3 is 10.5 Å². The molecule has 0 aliphatic carbocycles. The van der Waals surface area contributed by atoms with Gasteiger partial charge in [0.25, 0.3) is 0 Å². The number of esters is 1. The highest BCUT2D eigenvalue weighted by molar-refractivity contribution is 7.89. The number of aryl methyl sites for hydroxylation is 1. The monoisotopic (exact) mass is 318 g/mol. The lowest BCUT2D eigenvalue weighted by molar-refractivity contribution is -0.140. The van der Waals surface area contributed by atoms with Crippen LogP contribution in [0.15, 0.2) is 11.0 Å². The van der Waals surface area contributed by atoms with Gasteiger partial charge in [-0.25, -0.2) is 17.1 Å². The molecule has 0 amide bonds. The van der Waals surface area contributed by atoms with Gasteiger partial charge in [0.05, 0.1) is 24.1 Å². The van der Waals surface area contributed by atoms with Crippen molar-refractivity contribution in [3.8, 4) is 0 Å². The van der Waals surface area contributed by atoms with E-state index < -0.39 is 21.8 Å². The number of halogens is 1. The Hall–Kier alpha value is -1.67. The highest BCUT2D eigenvalue weighted by atomic mass is 32.2. The number of carbonyl (C=O) groups excluding carboxylic acids is 1. The van der Waals surface area contributed by atoms with E-state index in [1.54, 1.807) is 0 Å². The van der Waals surface area contributed by atoms with Crippen LogP contribution in [0.3, 0.4) is 0 Å². The summed E-state index contributed by atoms with van der Waals surface area (Å²) in [6.45, 7) is 2.91. The summed E-state index contributed by atoms with van der Waals surface area (Å²) in [6.07, 6.45) is -0.0685. The van der Waals surface area contributed by atoms with E-state index in [0.29, 0.717) is 0 Å². The maximum absolute atomic E-state index is 13.5. The molecule has 6 nitrogen and oxygen atoms in total. The number of hydrogen-bond acceptors (Lipinski definition) is 5. The Balaban J connectivity index is 3.20. The molecule has 0 aliphatic heterocycles. The normalized spacial score (nSPS) is 11.7. The Kier molecular flexibility index (Phi) is 5.30. The van der Waals surface area contributed by atoms with Gasteiger partial charge in [0, 0.05) is 13.6 Å². The van der Waals surface area contributed by atoms with Gasteiger partial charge in [-0.2, -0.15) is 0 Å². The van der Waals surface area contributed by atoms with Crippen molar-refractivity contribution in [1.82, 2.24) is 4.31 Å². The summed E-state index contributed by atoms with van der Waals surface area (Å²) in [5, 5.41) is 0. The van der Waals surface area contributed by atoms with Crippen LogP contribution in [0.1, 0.15) is 17.5 Å². The Morgan fingerprint density at radius 1 is 1.43 bits per heavy atom. The van der Waals surface area contributed by atoms with Gasteiger partial charge in [0.15, 0.2) is 0 Å². The number of nitrogens with zero attached hydrogens (tertiary/aromatic N) is 1. The van der Waals surface area contributed by atoms with Crippen LogP contribution in [-0.2, 0) is 19.6 Å².